The van der Waals surface area contributed by atoms with Crippen LogP contribution >= 0.6 is 0 Å². The Morgan fingerprint density at radius 3 is 2.75 bits per heavy atom. The molecule has 4 nitrogen and oxygen atoms in total. The molecule has 20 heavy (non-hydrogen) atoms. The fourth-order valence-corrected chi connectivity index (χ4v) is 1.78. The van der Waals surface area contributed by atoms with Gasteiger partial charge < -0.3 is 4.74 Å². The van der Waals surface area contributed by atoms with E-state index in [0.717, 1.165) is 6.29 Å². The maximum absolute atomic E-state index is 10.9. The van der Waals surface area contributed by atoms with Gasteiger partial charge in [0.05, 0.1) is 12.1 Å². The largest absolute Gasteiger partial charge is 0.491 e. The van der Waals surface area contributed by atoms with Gasteiger partial charge in [0, 0.05) is 17.1 Å². The molecular formula is C16H16N2O2. The van der Waals surface area contributed by atoms with Crippen LogP contribution in [0.4, 0.5) is 0 Å². The molecule has 0 unspecified atom stereocenters. The van der Waals surface area contributed by atoms with E-state index in [2.05, 4.69) is 31.8 Å². The number of ether oxygens (including phenoxy) is 1. The molecule has 1 aromatic heterocycles. The van der Waals surface area contributed by atoms with Gasteiger partial charge in [0.2, 0.25) is 0 Å². The number of rotatable bonds is 3. The lowest BCUT2D eigenvalue weighted by Gasteiger charge is -2.20. The second-order valence-electron chi connectivity index (χ2n) is 5.86. The molecule has 0 aliphatic carbocycles. The zero-order valence-corrected chi connectivity index (χ0v) is 11.8. The Labute approximate surface area is 118 Å². The number of carbonyl (C=O) groups excluding carboxylic acids is 1. The van der Waals surface area contributed by atoms with Gasteiger partial charge in [-0.1, -0.05) is 20.8 Å². The Kier molecular flexibility index (Phi) is 3.71. The summed E-state index contributed by atoms with van der Waals surface area (Å²) in [5.41, 5.74) is 1.60. The van der Waals surface area contributed by atoms with Gasteiger partial charge in [-0.25, -0.2) is 0 Å². The minimum absolute atomic E-state index is 0.0232. The number of aldehydes is 1. The second-order valence-corrected chi connectivity index (χ2v) is 5.86. The number of carbonyl (C=O) groups is 1. The van der Waals surface area contributed by atoms with Crippen molar-refractivity contribution >= 4 is 17.2 Å². The number of benzene rings is 1. The van der Waals surface area contributed by atoms with Crippen molar-refractivity contribution in [1.29, 1.82) is 5.26 Å². The van der Waals surface area contributed by atoms with Crippen LogP contribution in [0.3, 0.4) is 0 Å². The fourth-order valence-electron chi connectivity index (χ4n) is 1.78. The van der Waals surface area contributed by atoms with Gasteiger partial charge >= 0.3 is 0 Å². The Bertz CT molecular complexity index is 694. The lowest BCUT2D eigenvalue weighted by Crippen LogP contribution is -2.17. The first-order chi connectivity index (χ1) is 9.44. The Morgan fingerprint density at radius 2 is 2.15 bits per heavy atom. The molecule has 0 fully saturated rings. The molecule has 2 rings (SSSR count). The number of hydrogen-bond acceptors (Lipinski definition) is 4. The molecule has 0 N–H and O–H groups in total. The molecule has 1 aromatic carbocycles. The molecular weight excluding hydrogens is 252 g/mol. The Morgan fingerprint density at radius 1 is 1.40 bits per heavy atom. The van der Waals surface area contributed by atoms with E-state index >= 15 is 0 Å². The topological polar surface area (TPSA) is 63.0 Å². The van der Waals surface area contributed by atoms with Crippen LogP contribution in [-0.2, 0) is 0 Å². The summed E-state index contributed by atoms with van der Waals surface area (Å²) >= 11 is 0. The van der Waals surface area contributed by atoms with Crippen molar-refractivity contribution in [3.05, 3.63) is 35.5 Å². The highest BCUT2D eigenvalue weighted by molar-refractivity contribution is 5.92. The summed E-state index contributed by atoms with van der Waals surface area (Å²) in [5.74, 6) is 0.496. The van der Waals surface area contributed by atoms with Crippen LogP contribution < -0.4 is 4.74 Å². The molecule has 0 bridgehead atoms. The first-order valence-corrected chi connectivity index (χ1v) is 6.35. The van der Waals surface area contributed by atoms with E-state index in [1.165, 1.54) is 6.20 Å². The number of fused-ring (bicyclic) bond motifs is 1. The first-order valence-electron chi connectivity index (χ1n) is 6.35. The molecule has 0 amide bonds. The number of nitriles is 1. The standard InChI is InChI=1S/C16H16N2O2/c1-16(2,3)10-20-15-12(7-17)8-18-14-5-4-11(9-19)6-13(14)15/h4-6,8-9H,10H2,1-3H3. The maximum atomic E-state index is 10.9. The van der Waals surface area contributed by atoms with Crippen molar-refractivity contribution < 1.29 is 9.53 Å². The third kappa shape index (κ3) is 2.94. The molecule has 0 aliphatic heterocycles. The van der Waals surface area contributed by atoms with Crippen LogP contribution in [0.2, 0.25) is 0 Å². The summed E-state index contributed by atoms with van der Waals surface area (Å²) in [7, 11) is 0. The third-order valence-corrected chi connectivity index (χ3v) is 2.75. The predicted molar refractivity (Wildman–Crippen MR) is 76.8 cm³/mol. The van der Waals surface area contributed by atoms with Crippen LogP contribution in [0.25, 0.3) is 10.9 Å². The highest BCUT2D eigenvalue weighted by atomic mass is 16.5. The number of hydrogen-bond donors (Lipinski definition) is 0. The molecule has 1 heterocycles. The molecule has 0 saturated carbocycles. The first kappa shape index (κ1) is 14.0. The lowest BCUT2D eigenvalue weighted by molar-refractivity contribution is 0.112. The lowest BCUT2D eigenvalue weighted by atomic mass is 9.98. The van der Waals surface area contributed by atoms with Crippen molar-refractivity contribution in [2.45, 2.75) is 20.8 Å². The van der Waals surface area contributed by atoms with E-state index < -0.39 is 0 Å². The van der Waals surface area contributed by atoms with Crippen LogP contribution in [0.1, 0.15) is 36.7 Å². The molecule has 0 aliphatic rings. The van der Waals surface area contributed by atoms with E-state index in [9.17, 15) is 10.1 Å². The summed E-state index contributed by atoms with van der Waals surface area (Å²) in [6.07, 6.45) is 2.27. The average molecular weight is 268 g/mol. The minimum atomic E-state index is -0.0232. The van der Waals surface area contributed by atoms with E-state index in [4.69, 9.17) is 4.74 Å². The molecule has 0 saturated heterocycles. The van der Waals surface area contributed by atoms with Crippen molar-refractivity contribution in [3.8, 4) is 11.8 Å². The summed E-state index contributed by atoms with van der Waals surface area (Å²) in [4.78, 5) is 15.1. The number of nitrogens with zero attached hydrogens (tertiary/aromatic N) is 2. The molecule has 0 atom stereocenters. The van der Waals surface area contributed by atoms with Gasteiger partial charge in [-0.05, 0) is 23.6 Å². The summed E-state index contributed by atoms with van der Waals surface area (Å²) < 4.78 is 5.83. The van der Waals surface area contributed by atoms with Crippen LogP contribution in [0.15, 0.2) is 24.4 Å². The van der Waals surface area contributed by atoms with Gasteiger partial charge in [0.25, 0.3) is 0 Å². The van der Waals surface area contributed by atoms with E-state index in [1.54, 1.807) is 18.2 Å². The number of pyridine rings is 1. The van der Waals surface area contributed by atoms with Gasteiger partial charge in [0.15, 0.2) is 0 Å². The summed E-state index contributed by atoms with van der Waals surface area (Å²) in [5, 5.41) is 9.89. The molecule has 102 valence electrons. The maximum Gasteiger partial charge on any atom is 0.150 e. The van der Waals surface area contributed by atoms with Crippen LogP contribution in [-0.4, -0.2) is 17.9 Å². The Balaban J connectivity index is 2.58. The zero-order chi connectivity index (χ0) is 14.8. The second kappa shape index (κ2) is 5.30. The third-order valence-electron chi connectivity index (χ3n) is 2.75. The quantitative estimate of drug-likeness (QED) is 0.801. The monoisotopic (exact) mass is 268 g/mol. The van der Waals surface area contributed by atoms with Gasteiger partial charge in [-0.2, -0.15) is 5.26 Å². The molecule has 4 heteroatoms. The number of aromatic nitrogens is 1. The fraction of sp³-hybridized carbons (Fsp3) is 0.312. The smallest absolute Gasteiger partial charge is 0.150 e. The molecule has 0 radical (unpaired) electrons. The molecule has 0 spiro atoms. The van der Waals surface area contributed by atoms with E-state index in [-0.39, 0.29) is 5.41 Å². The van der Waals surface area contributed by atoms with Crippen molar-refractivity contribution in [2.24, 2.45) is 5.41 Å². The zero-order valence-electron chi connectivity index (χ0n) is 11.8. The van der Waals surface area contributed by atoms with Crippen LogP contribution in [0, 0.1) is 16.7 Å². The minimum Gasteiger partial charge on any atom is -0.491 e. The van der Waals surface area contributed by atoms with Crippen LogP contribution in [0.5, 0.6) is 5.75 Å². The van der Waals surface area contributed by atoms with Gasteiger partial charge in [-0.3, -0.25) is 9.78 Å². The SMILES string of the molecule is CC(C)(C)COc1c(C#N)cnc2ccc(C=O)cc12. The highest BCUT2D eigenvalue weighted by Crippen LogP contribution is 2.30. The Hall–Kier alpha value is -2.41. The summed E-state index contributed by atoms with van der Waals surface area (Å²) in [6, 6.07) is 7.24. The normalized spacial score (nSPS) is 11.1. The highest BCUT2D eigenvalue weighted by Gasteiger charge is 2.16. The van der Waals surface area contributed by atoms with E-state index in [1.807, 2.05) is 0 Å². The molecule has 2 aromatic rings. The average Bonchev–Trinajstić information content (AvgIpc) is 2.42. The van der Waals surface area contributed by atoms with Gasteiger partial charge in [0.1, 0.15) is 23.7 Å². The van der Waals surface area contributed by atoms with Crippen molar-refractivity contribution in [2.75, 3.05) is 6.61 Å². The van der Waals surface area contributed by atoms with Crippen molar-refractivity contribution in [1.82, 2.24) is 4.98 Å². The van der Waals surface area contributed by atoms with Crippen molar-refractivity contribution in [3.63, 3.8) is 0 Å². The van der Waals surface area contributed by atoms with E-state index in [0.29, 0.717) is 34.4 Å². The summed E-state index contributed by atoms with van der Waals surface area (Å²) in [6.45, 7) is 6.64. The van der Waals surface area contributed by atoms with Gasteiger partial charge in [-0.15, -0.1) is 0 Å². The predicted octanol–water partition coefficient (Wildman–Crippen LogP) is 3.34.